The second kappa shape index (κ2) is 2.11. The topological polar surface area (TPSA) is 26.0 Å². The maximum atomic E-state index is 5.68. The Bertz CT molecular complexity index is 319. The molecule has 0 amide bonds. The van der Waals surface area contributed by atoms with Crippen LogP contribution in [0.4, 0.5) is 0 Å². The number of fused-ring (bicyclic) bond motifs is 3. The molecule has 1 saturated carbocycles. The third kappa shape index (κ3) is 0.674. The fraction of sp³-hybridized carbons (Fsp3) is 0.455. The van der Waals surface area contributed by atoms with Crippen molar-refractivity contribution in [2.45, 2.75) is 12.3 Å². The molecule has 1 fully saturated rings. The van der Waals surface area contributed by atoms with Crippen LogP contribution in [0.3, 0.4) is 0 Å². The summed E-state index contributed by atoms with van der Waals surface area (Å²) in [6.45, 7) is 0.879. The monoisotopic (exact) mass is 159 g/mol. The van der Waals surface area contributed by atoms with Gasteiger partial charge in [0, 0.05) is 0 Å². The van der Waals surface area contributed by atoms with Crippen molar-refractivity contribution in [1.29, 1.82) is 0 Å². The normalized spacial score (nSPS) is 35.9. The van der Waals surface area contributed by atoms with E-state index in [0.717, 1.165) is 24.3 Å². The maximum absolute atomic E-state index is 5.68. The van der Waals surface area contributed by atoms with Crippen molar-refractivity contribution in [3.63, 3.8) is 0 Å². The second-order valence-corrected chi connectivity index (χ2v) is 3.99. The maximum Gasteiger partial charge on any atom is -0.00399 e. The van der Waals surface area contributed by atoms with Gasteiger partial charge in [0.25, 0.3) is 0 Å². The van der Waals surface area contributed by atoms with Gasteiger partial charge in [-0.05, 0) is 41.8 Å². The summed E-state index contributed by atoms with van der Waals surface area (Å²) in [5.41, 5.74) is 8.83. The molecule has 2 aliphatic rings. The largest absolute Gasteiger partial charge is 0.330 e. The lowest BCUT2D eigenvalue weighted by atomic mass is 10.0. The predicted octanol–water partition coefficient (Wildman–Crippen LogP) is 1.53. The second-order valence-electron chi connectivity index (χ2n) is 3.99. The average Bonchev–Trinajstić information content (AvgIpc) is 2.68. The minimum Gasteiger partial charge on any atom is -0.330 e. The zero-order valence-corrected chi connectivity index (χ0v) is 7.03. The van der Waals surface area contributed by atoms with Gasteiger partial charge < -0.3 is 5.73 Å². The van der Waals surface area contributed by atoms with Gasteiger partial charge >= 0.3 is 0 Å². The van der Waals surface area contributed by atoms with Crippen LogP contribution in [0.1, 0.15) is 17.0 Å². The summed E-state index contributed by atoms with van der Waals surface area (Å²) in [6.07, 6.45) is 1.28. The van der Waals surface area contributed by atoms with Crippen molar-refractivity contribution < 1.29 is 0 Å². The fourth-order valence-electron chi connectivity index (χ4n) is 2.81. The lowest BCUT2D eigenvalue weighted by Gasteiger charge is -2.04. The first-order valence-electron chi connectivity index (χ1n) is 4.69. The van der Waals surface area contributed by atoms with Crippen LogP contribution in [0.15, 0.2) is 24.3 Å². The summed E-state index contributed by atoms with van der Waals surface area (Å²) in [5, 5.41) is 0. The minimum absolute atomic E-state index is 0.805. The number of hydrogen-bond donors (Lipinski definition) is 1. The molecule has 0 aromatic heterocycles. The first-order chi connectivity index (χ1) is 5.92. The van der Waals surface area contributed by atoms with Crippen LogP contribution >= 0.6 is 0 Å². The molecule has 0 heterocycles. The highest BCUT2D eigenvalue weighted by Crippen LogP contribution is 2.60. The van der Waals surface area contributed by atoms with Crippen molar-refractivity contribution >= 4 is 0 Å². The van der Waals surface area contributed by atoms with E-state index in [9.17, 15) is 0 Å². The average molecular weight is 159 g/mol. The highest BCUT2D eigenvalue weighted by atomic mass is 14.7. The molecule has 2 N–H and O–H groups in total. The van der Waals surface area contributed by atoms with Gasteiger partial charge in [0.2, 0.25) is 0 Å². The lowest BCUT2D eigenvalue weighted by Crippen LogP contribution is -2.06. The molecule has 0 bridgehead atoms. The van der Waals surface area contributed by atoms with E-state index in [1.165, 1.54) is 6.42 Å². The smallest absolute Gasteiger partial charge is 0.00399 e. The molecular weight excluding hydrogens is 146 g/mol. The summed E-state index contributed by atoms with van der Waals surface area (Å²) >= 11 is 0. The SMILES string of the molecule is NC[C@@H]1[C@@H]2Cc3ccccc3[C@H]12. The Balaban J connectivity index is 2.00. The van der Waals surface area contributed by atoms with Crippen molar-refractivity contribution in [3.05, 3.63) is 35.4 Å². The van der Waals surface area contributed by atoms with Crippen LogP contribution in [0.25, 0.3) is 0 Å². The molecule has 0 unspecified atom stereocenters. The molecule has 1 nitrogen and oxygen atoms in total. The van der Waals surface area contributed by atoms with Crippen molar-refractivity contribution in [2.75, 3.05) is 6.54 Å². The van der Waals surface area contributed by atoms with Crippen LogP contribution in [0.5, 0.6) is 0 Å². The first-order valence-corrected chi connectivity index (χ1v) is 4.69. The third-order valence-electron chi connectivity index (χ3n) is 3.47. The van der Waals surface area contributed by atoms with E-state index < -0.39 is 0 Å². The van der Waals surface area contributed by atoms with Crippen LogP contribution in [-0.2, 0) is 6.42 Å². The molecule has 2 aliphatic carbocycles. The van der Waals surface area contributed by atoms with E-state index in [2.05, 4.69) is 24.3 Å². The molecule has 3 atom stereocenters. The molecule has 0 saturated heterocycles. The van der Waals surface area contributed by atoms with Gasteiger partial charge in [0.15, 0.2) is 0 Å². The van der Waals surface area contributed by atoms with Crippen LogP contribution in [0.2, 0.25) is 0 Å². The highest BCUT2D eigenvalue weighted by Gasteiger charge is 2.54. The number of hydrogen-bond acceptors (Lipinski definition) is 1. The zero-order chi connectivity index (χ0) is 8.13. The molecule has 1 heteroatoms. The molecule has 0 radical (unpaired) electrons. The fourth-order valence-corrected chi connectivity index (χ4v) is 2.81. The van der Waals surface area contributed by atoms with Gasteiger partial charge in [-0.3, -0.25) is 0 Å². The van der Waals surface area contributed by atoms with Crippen molar-refractivity contribution in [3.8, 4) is 0 Å². The molecule has 12 heavy (non-hydrogen) atoms. The van der Waals surface area contributed by atoms with Gasteiger partial charge in [-0.25, -0.2) is 0 Å². The summed E-state index contributed by atoms with van der Waals surface area (Å²) < 4.78 is 0. The van der Waals surface area contributed by atoms with E-state index in [0.29, 0.717) is 0 Å². The predicted molar refractivity (Wildman–Crippen MR) is 48.9 cm³/mol. The molecule has 0 spiro atoms. The summed E-state index contributed by atoms with van der Waals surface area (Å²) in [4.78, 5) is 0. The Labute approximate surface area is 72.6 Å². The first kappa shape index (κ1) is 6.67. The molecule has 0 aliphatic heterocycles. The van der Waals surface area contributed by atoms with Crippen LogP contribution in [0, 0.1) is 11.8 Å². The number of nitrogens with two attached hydrogens (primary N) is 1. The molecule has 1 aromatic carbocycles. The molecule has 62 valence electrons. The van der Waals surface area contributed by atoms with Gasteiger partial charge in [0.05, 0.1) is 0 Å². The van der Waals surface area contributed by atoms with Crippen molar-refractivity contribution in [2.24, 2.45) is 17.6 Å². The number of rotatable bonds is 1. The van der Waals surface area contributed by atoms with E-state index in [1.54, 1.807) is 11.1 Å². The Morgan fingerprint density at radius 1 is 1.33 bits per heavy atom. The highest BCUT2D eigenvalue weighted by molar-refractivity contribution is 5.43. The molecular formula is C11H13N. The van der Waals surface area contributed by atoms with Gasteiger partial charge in [-0.1, -0.05) is 24.3 Å². The molecule has 3 rings (SSSR count). The zero-order valence-electron chi connectivity index (χ0n) is 7.03. The van der Waals surface area contributed by atoms with E-state index >= 15 is 0 Å². The van der Waals surface area contributed by atoms with Gasteiger partial charge in [0.1, 0.15) is 0 Å². The Hall–Kier alpha value is -0.820. The Kier molecular flexibility index (Phi) is 1.17. The summed E-state index contributed by atoms with van der Waals surface area (Å²) in [5.74, 6) is 2.53. The quantitative estimate of drug-likeness (QED) is 0.660. The summed E-state index contributed by atoms with van der Waals surface area (Å²) in [7, 11) is 0. The van der Waals surface area contributed by atoms with E-state index in [1.807, 2.05) is 0 Å². The van der Waals surface area contributed by atoms with E-state index in [4.69, 9.17) is 5.73 Å². The Morgan fingerprint density at radius 2 is 2.17 bits per heavy atom. The third-order valence-corrected chi connectivity index (χ3v) is 3.47. The number of benzene rings is 1. The lowest BCUT2D eigenvalue weighted by molar-refractivity contribution is 0.701. The van der Waals surface area contributed by atoms with Gasteiger partial charge in [-0.2, -0.15) is 0 Å². The van der Waals surface area contributed by atoms with E-state index in [-0.39, 0.29) is 0 Å². The molecule has 1 aromatic rings. The van der Waals surface area contributed by atoms with Gasteiger partial charge in [-0.15, -0.1) is 0 Å². The van der Waals surface area contributed by atoms with Crippen molar-refractivity contribution in [1.82, 2.24) is 0 Å². The Morgan fingerprint density at radius 3 is 3.00 bits per heavy atom. The summed E-state index contributed by atoms with van der Waals surface area (Å²) in [6, 6.07) is 8.82. The minimum atomic E-state index is 0.805. The van der Waals surface area contributed by atoms with Crippen LogP contribution < -0.4 is 5.73 Å². The van der Waals surface area contributed by atoms with Crippen LogP contribution in [-0.4, -0.2) is 6.54 Å². The standard InChI is InChI=1S/C11H13N/c12-6-10-9-5-7-3-1-2-4-8(7)11(9)10/h1-4,9-11H,5-6,12H2/t9-,10+,11-/m0/s1.